The maximum atomic E-state index is 12.8. The largest absolute Gasteiger partial charge is 0.360 e. The molecule has 2 heterocycles. The highest BCUT2D eigenvalue weighted by Gasteiger charge is 2.35. The van der Waals surface area contributed by atoms with Crippen molar-refractivity contribution in [2.75, 3.05) is 10.8 Å². The molecule has 0 bridgehead atoms. The number of sulfonamides is 1. The fraction of sp³-hybridized carbons (Fsp3) is 0.308. The van der Waals surface area contributed by atoms with E-state index in [0.29, 0.717) is 35.1 Å². The summed E-state index contributed by atoms with van der Waals surface area (Å²) in [6, 6.07) is 5.31. The molecule has 1 aliphatic rings. The van der Waals surface area contributed by atoms with Gasteiger partial charge in [0.25, 0.3) is 10.0 Å². The molecule has 0 N–H and O–H groups in total. The van der Waals surface area contributed by atoms with Crippen LogP contribution in [0.15, 0.2) is 27.6 Å². The number of aromatic nitrogens is 1. The predicted molar refractivity (Wildman–Crippen MR) is 75.7 cm³/mol. The van der Waals surface area contributed by atoms with Gasteiger partial charge in [0.2, 0.25) is 0 Å². The number of rotatable bonds is 2. The summed E-state index contributed by atoms with van der Waals surface area (Å²) in [7, 11) is -3.67. The van der Waals surface area contributed by atoms with Gasteiger partial charge in [-0.25, -0.2) is 8.42 Å². The molecule has 7 heteroatoms. The summed E-state index contributed by atoms with van der Waals surface area (Å²) in [5, 5.41) is 4.24. The monoisotopic (exact) mass is 312 g/mol. The molecule has 0 saturated heterocycles. The highest BCUT2D eigenvalue weighted by Crippen LogP contribution is 2.36. The molecule has 0 aliphatic carbocycles. The Labute approximate surface area is 122 Å². The molecule has 106 valence electrons. The van der Waals surface area contributed by atoms with E-state index in [1.807, 2.05) is 6.07 Å². The van der Waals surface area contributed by atoms with Crippen LogP contribution >= 0.6 is 11.6 Å². The maximum Gasteiger partial charge on any atom is 0.269 e. The van der Waals surface area contributed by atoms with E-state index in [2.05, 4.69) is 5.16 Å². The summed E-state index contributed by atoms with van der Waals surface area (Å²) in [4.78, 5) is 0.144. The zero-order valence-electron chi connectivity index (χ0n) is 11.1. The second kappa shape index (κ2) is 4.49. The Kier molecular flexibility index (Phi) is 3.02. The molecule has 3 rings (SSSR count). The van der Waals surface area contributed by atoms with Gasteiger partial charge in [-0.15, -0.1) is 0 Å². The molecule has 0 fully saturated rings. The molecule has 0 unspecified atom stereocenters. The number of nitrogens with zero attached hydrogens (tertiary/aromatic N) is 2. The van der Waals surface area contributed by atoms with Gasteiger partial charge < -0.3 is 4.52 Å². The smallest absolute Gasteiger partial charge is 0.269 e. The molecular weight excluding hydrogens is 300 g/mol. The van der Waals surface area contributed by atoms with E-state index in [4.69, 9.17) is 16.1 Å². The van der Waals surface area contributed by atoms with Crippen LogP contribution in [0.3, 0.4) is 0 Å². The fourth-order valence-corrected chi connectivity index (χ4v) is 4.48. The molecule has 5 nitrogen and oxygen atoms in total. The summed E-state index contributed by atoms with van der Waals surface area (Å²) >= 11 is 5.97. The minimum absolute atomic E-state index is 0.144. The Morgan fingerprint density at radius 3 is 2.75 bits per heavy atom. The Balaban J connectivity index is 2.14. The summed E-state index contributed by atoms with van der Waals surface area (Å²) in [5.74, 6) is 0.304. The van der Waals surface area contributed by atoms with Gasteiger partial charge in [0.05, 0.1) is 5.69 Å². The number of anilines is 1. The SMILES string of the molecule is Cc1noc(C)c1S(=O)(=O)N1CCc2ccc(Cl)cc21. The highest BCUT2D eigenvalue weighted by atomic mass is 35.5. The first-order chi connectivity index (χ1) is 9.41. The topological polar surface area (TPSA) is 63.4 Å². The molecule has 0 atom stereocenters. The number of halogens is 1. The van der Waals surface area contributed by atoms with Crippen LogP contribution in [0.4, 0.5) is 5.69 Å². The third kappa shape index (κ3) is 1.91. The van der Waals surface area contributed by atoms with E-state index >= 15 is 0 Å². The standard InChI is InChI=1S/C13H13ClN2O3S/c1-8-13(9(2)19-15-8)20(17,18)16-6-5-10-3-4-11(14)7-12(10)16/h3-4,7H,5-6H2,1-2H3. The van der Waals surface area contributed by atoms with E-state index in [0.717, 1.165) is 5.56 Å². The van der Waals surface area contributed by atoms with E-state index in [1.54, 1.807) is 26.0 Å². The summed E-state index contributed by atoms with van der Waals surface area (Å²) in [6.45, 7) is 3.63. The van der Waals surface area contributed by atoms with Crippen molar-refractivity contribution in [1.29, 1.82) is 0 Å². The van der Waals surface area contributed by atoms with Crippen molar-refractivity contribution >= 4 is 27.3 Å². The van der Waals surface area contributed by atoms with Gasteiger partial charge in [0.15, 0.2) is 10.7 Å². The first-order valence-electron chi connectivity index (χ1n) is 6.15. The lowest BCUT2D eigenvalue weighted by molar-refractivity contribution is 0.390. The lowest BCUT2D eigenvalue weighted by Gasteiger charge is -2.19. The number of aryl methyl sites for hydroxylation is 2. The van der Waals surface area contributed by atoms with Crippen LogP contribution < -0.4 is 4.31 Å². The Morgan fingerprint density at radius 1 is 1.35 bits per heavy atom. The van der Waals surface area contributed by atoms with E-state index in [-0.39, 0.29) is 4.90 Å². The average Bonchev–Trinajstić information content (AvgIpc) is 2.93. The Morgan fingerprint density at radius 2 is 2.10 bits per heavy atom. The van der Waals surface area contributed by atoms with Crippen LogP contribution in [0.25, 0.3) is 0 Å². The summed E-state index contributed by atoms with van der Waals surface area (Å²) in [6.07, 6.45) is 0.676. The second-order valence-electron chi connectivity index (χ2n) is 4.75. The zero-order chi connectivity index (χ0) is 14.5. The van der Waals surface area contributed by atoms with Crippen molar-refractivity contribution in [3.63, 3.8) is 0 Å². The average molecular weight is 313 g/mol. The van der Waals surface area contributed by atoms with Crippen molar-refractivity contribution in [1.82, 2.24) is 5.16 Å². The molecule has 0 amide bonds. The zero-order valence-corrected chi connectivity index (χ0v) is 12.6. The summed E-state index contributed by atoms with van der Waals surface area (Å²) < 4.78 is 31.9. The van der Waals surface area contributed by atoms with E-state index < -0.39 is 10.0 Å². The van der Waals surface area contributed by atoms with Gasteiger partial charge >= 0.3 is 0 Å². The van der Waals surface area contributed by atoms with Crippen LogP contribution in [0.1, 0.15) is 17.0 Å². The minimum atomic E-state index is -3.67. The van der Waals surface area contributed by atoms with Gasteiger partial charge in [0.1, 0.15) is 5.69 Å². The summed E-state index contributed by atoms with van der Waals surface area (Å²) in [5.41, 5.74) is 1.99. The van der Waals surface area contributed by atoms with Crippen LogP contribution in [-0.2, 0) is 16.4 Å². The molecule has 1 aliphatic heterocycles. The first kappa shape index (κ1) is 13.5. The van der Waals surface area contributed by atoms with Crippen molar-refractivity contribution in [2.45, 2.75) is 25.2 Å². The van der Waals surface area contributed by atoms with Gasteiger partial charge in [0, 0.05) is 11.6 Å². The van der Waals surface area contributed by atoms with Crippen molar-refractivity contribution < 1.29 is 12.9 Å². The number of fused-ring (bicyclic) bond motifs is 1. The molecule has 0 spiro atoms. The maximum absolute atomic E-state index is 12.8. The van der Waals surface area contributed by atoms with E-state index in [9.17, 15) is 8.42 Å². The normalized spacial score (nSPS) is 14.7. The van der Waals surface area contributed by atoms with Gasteiger partial charge in [-0.3, -0.25) is 4.31 Å². The van der Waals surface area contributed by atoms with Crippen molar-refractivity contribution in [3.8, 4) is 0 Å². The number of hydrogen-bond acceptors (Lipinski definition) is 4. The van der Waals surface area contributed by atoms with Crippen LogP contribution in [-0.4, -0.2) is 20.1 Å². The molecule has 0 radical (unpaired) electrons. The quantitative estimate of drug-likeness (QED) is 0.855. The number of benzene rings is 1. The lowest BCUT2D eigenvalue weighted by atomic mass is 10.2. The van der Waals surface area contributed by atoms with Crippen LogP contribution in [0, 0.1) is 13.8 Å². The van der Waals surface area contributed by atoms with Crippen LogP contribution in [0.5, 0.6) is 0 Å². The van der Waals surface area contributed by atoms with E-state index in [1.165, 1.54) is 4.31 Å². The molecule has 20 heavy (non-hydrogen) atoms. The van der Waals surface area contributed by atoms with Crippen molar-refractivity contribution in [2.24, 2.45) is 0 Å². The predicted octanol–water partition coefficient (Wildman–Crippen LogP) is 2.70. The minimum Gasteiger partial charge on any atom is -0.360 e. The second-order valence-corrected chi connectivity index (χ2v) is 6.99. The Hall–Kier alpha value is -1.53. The van der Waals surface area contributed by atoms with Gasteiger partial charge in [-0.2, -0.15) is 0 Å². The van der Waals surface area contributed by atoms with Crippen LogP contribution in [0.2, 0.25) is 5.02 Å². The first-order valence-corrected chi connectivity index (χ1v) is 7.97. The molecule has 1 aromatic heterocycles. The number of hydrogen-bond donors (Lipinski definition) is 0. The molecule has 1 aromatic carbocycles. The van der Waals surface area contributed by atoms with Gasteiger partial charge in [-0.05, 0) is 38.0 Å². The Bertz CT molecular complexity index is 763. The molecular formula is C13H13ClN2O3S. The molecule has 0 saturated carbocycles. The molecule has 2 aromatic rings. The lowest BCUT2D eigenvalue weighted by Crippen LogP contribution is -2.29. The third-order valence-electron chi connectivity index (χ3n) is 3.42. The van der Waals surface area contributed by atoms with Crippen molar-refractivity contribution in [3.05, 3.63) is 40.2 Å². The fourth-order valence-electron chi connectivity index (χ4n) is 2.53. The van der Waals surface area contributed by atoms with Gasteiger partial charge in [-0.1, -0.05) is 22.8 Å². The third-order valence-corrected chi connectivity index (χ3v) is 5.71. The highest BCUT2D eigenvalue weighted by molar-refractivity contribution is 7.93.